The van der Waals surface area contributed by atoms with Gasteiger partial charge < -0.3 is 15.2 Å². The van der Waals surface area contributed by atoms with E-state index in [9.17, 15) is 0 Å². The fraction of sp³-hybridized carbons (Fsp3) is 0.722. The van der Waals surface area contributed by atoms with Gasteiger partial charge in [-0.3, -0.25) is 0 Å². The number of aromatic nitrogens is 6. The Labute approximate surface area is 170 Å². The van der Waals surface area contributed by atoms with Gasteiger partial charge in [-0.05, 0) is 31.8 Å². The van der Waals surface area contributed by atoms with Gasteiger partial charge in [-0.25, -0.2) is 14.7 Å². The van der Waals surface area contributed by atoms with Crippen LogP contribution in [0.4, 0.5) is 0 Å². The molecule has 0 amide bonds. The number of nitrogens with one attached hydrogen (secondary N) is 2. The molecule has 0 saturated carbocycles. The van der Waals surface area contributed by atoms with Crippen LogP contribution in [0.5, 0.6) is 0 Å². The number of aliphatic imine (C=N–C) groups is 1. The molecule has 2 N–H and O–H groups in total. The molecule has 0 spiro atoms. The number of aryl methyl sites for hydroxylation is 3. The van der Waals surface area contributed by atoms with Crippen LogP contribution < -0.4 is 10.6 Å². The molecular weight excluding hydrogens is 374 g/mol. The lowest BCUT2D eigenvalue weighted by Gasteiger charge is -2.25. The van der Waals surface area contributed by atoms with E-state index in [1.807, 2.05) is 35.0 Å². The van der Waals surface area contributed by atoms with Crippen molar-refractivity contribution in [1.82, 2.24) is 40.2 Å². The highest BCUT2D eigenvalue weighted by atomic mass is 32.2. The fourth-order valence-corrected chi connectivity index (χ4v) is 3.57. The third-order valence-corrected chi connectivity index (χ3v) is 5.63. The molecule has 0 aromatic carbocycles. The molecule has 10 heteroatoms. The Hall–Kier alpha value is -2.10. The van der Waals surface area contributed by atoms with Gasteiger partial charge in [-0.1, -0.05) is 6.92 Å². The van der Waals surface area contributed by atoms with Crippen LogP contribution in [-0.4, -0.2) is 60.1 Å². The summed E-state index contributed by atoms with van der Waals surface area (Å²) in [5.74, 6) is 5.73. The molecule has 9 nitrogen and oxygen atoms in total. The van der Waals surface area contributed by atoms with E-state index < -0.39 is 0 Å². The minimum Gasteiger partial charge on any atom is -0.356 e. The van der Waals surface area contributed by atoms with Gasteiger partial charge in [0, 0.05) is 32.5 Å². The van der Waals surface area contributed by atoms with Gasteiger partial charge in [0.05, 0.1) is 6.54 Å². The van der Waals surface area contributed by atoms with E-state index in [0.717, 1.165) is 73.8 Å². The molecule has 2 aromatic heterocycles. The maximum absolute atomic E-state index is 4.76. The molecule has 3 rings (SSSR count). The van der Waals surface area contributed by atoms with Crippen molar-refractivity contribution in [3.05, 3.63) is 23.3 Å². The van der Waals surface area contributed by atoms with Crippen molar-refractivity contribution in [3.63, 3.8) is 0 Å². The van der Waals surface area contributed by atoms with Crippen LogP contribution in [0.25, 0.3) is 0 Å². The van der Waals surface area contributed by atoms with E-state index in [1.54, 1.807) is 0 Å². The smallest absolute Gasteiger partial charge is 0.191 e. The normalized spacial score (nSPS) is 16.9. The second-order valence-corrected chi connectivity index (χ2v) is 8.01. The van der Waals surface area contributed by atoms with Crippen molar-refractivity contribution < 1.29 is 0 Å². The van der Waals surface area contributed by atoms with Crippen LogP contribution in [0.3, 0.4) is 0 Å². The summed E-state index contributed by atoms with van der Waals surface area (Å²) in [5.41, 5.74) is 0. The molecule has 0 bridgehead atoms. The monoisotopic (exact) mass is 405 g/mol. The Balaban J connectivity index is 1.64. The van der Waals surface area contributed by atoms with Gasteiger partial charge in [-0.2, -0.15) is 16.9 Å². The van der Waals surface area contributed by atoms with Gasteiger partial charge in [0.25, 0.3) is 0 Å². The lowest BCUT2D eigenvalue weighted by molar-refractivity contribution is 0.392. The Morgan fingerprint density at radius 3 is 2.93 bits per heavy atom. The first kappa shape index (κ1) is 20.6. The minimum atomic E-state index is 0.284. The lowest BCUT2D eigenvalue weighted by Crippen LogP contribution is -2.47. The summed E-state index contributed by atoms with van der Waals surface area (Å²) in [6.07, 6.45) is 6.07. The van der Waals surface area contributed by atoms with E-state index in [0.29, 0.717) is 6.54 Å². The molecule has 1 atom stereocenters. The molecule has 154 valence electrons. The van der Waals surface area contributed by atoms with Gasteiger partial charge in [-0.15, -0.1) is 10.2 Å². The van der Waals surface area contributed by atoms with Gasteiger partial charge in [0.1, 0.15) is 18.2 Å². The van der Waals surface area contributed by atoms with Crippen molar-refractivity contribution in [2.24, 2.45) is 12.0 Å². The van der Waals surface area contributed by atoms with Crippen LogP contribution in [-0.2, 0) is 33.0 Å². The van der Waals surface area contributed by atoms with E-state index in [4.69, 9.17) is 4.99 Å². The molecule has 1 aliphatic heterocycles. The molecule has 2 aromatic rings. The van der Waals surface area contributed by atoms with Crippen molar-refractivity contribution in [2.75, 3.05) is 18.6 Å². The SMILES string of the molecule is CCc1nc2n(n1)CC(NC(=NCc1nnc(C)n1C)NCCCSC)CC2. The maximum Gasteiger partial charge on any atom is 0.191 e. The summed E-state index contributed by atoms with van der Waals surface area (Å²) in [4.78, 5) is 9.36. The molecule has 0 radical (unpaired) electrons. The summed E-state index contributed by atoms with van der Waals surface area (Å²) in [6.45, 7) is 6.25. The summed E-state index contributed by atoms with van der Waals surface area (Å²) >= 11 is 1.86. The standard InChI is InChI=1S/C18H31N9S/c1-5-15-22-16-8-7-14(12-27(16)25-15)21-18(19-9-6-10-28-4)20-11-17-24-23-13(2)26(17)3/h14H,5-12H2,1-4H3,(H2,19,20,21). The van der Waals surface area contributed by atoms with Crippen LogP contribution in [0, 0.1) is 6.92 Å². The van der Waals surface area contributed by atoms with E-state index in [-0.39, 0.29) is 6.04 Å². The third kappa shape index (κ3) is 5.24. The zero-order chi connectivity index (χ0) is 19.9. The molecule has 28 heavy (non-hydrogen) atoms. The largest absolute Gasteiger partial charge is 0.356 e. The third-order valence-electron chi connectivity index (χ3n) is 4.94. The summed E-state index contributed by atoms with van der Waals surface area (Å²) in [6, 6.07) is 0.284. The topological polar surface area (TPSA) is 97.8 Å². The first-order chi connectivity index (χ1) is 13.6. The Morgan fingerprint density at radius 1 is 1.36 bits per heavy atom. The van der Waals surface area contributed by atoms with E-state index in [2.05, 4.69) is 44.1 Å². The summed E-state index contributed by atoms with van der Waals surface area (Å²) in [5, 5.41) is 20.0. The molecule has 1 aliphatic rings. The van der Waals surface area contributed by atoms with Crippen LogP contribution in [0.2, 0.25) is 0 Å². The van der Waals surface area contributed by atoms with Crippen molar-refractivity contribution >= 4 is 17.7 Å². The number of guanidine groups is 1. The zero-order valence-corrected chi connectivity index (χ0v) is 18.1. The van der Waals surface area contributed by atoms with E-state index in [1.165, 1.54) is 0 Å². The van der Waals surface area contributed by atoms with Crippen LogP contribution >= 0.6 is 11.8 Å². The highest BCUT2D eigenvalue weighted by Gasteiger charge is 2.22. The molecule has 0 aliphatic carbocycles. The first-order valence-corrected chi connectivity index (χ1v) is 11.3. The Kier molecular flexibility index (Phi) is 7.30. The average Bonchev–Trinajstić information content (AvgIpc) is 3.26. The van der Waals surface area contributed by atoms with Gasteiger partial charge in [0.2, 0.25) is 0 Å². The predicted molar refractivity (Wildman–Crippen MR) is 113 cm³/mol. The molecule has 0 fully saturated rings. The number of fused-ring (bicyclic) bond motifs is 1. The molecule has 3 heterocycles. The minimum absolute atomic E-state index is 0.284. The lowest BCUT2D eigenvalue weighted by atomic mass is 10.1. The van der Waals surface area contributed by atoms with Crippen LogP contribution in [0.1, 0.15) is 43.1 Å². The fourth-order valence-electron chi connectivity index (χ4n) is 3.14. The van der Waals surface area contributed by atoms with Crippen molar-refractivity contribution in [2.45, 2.75) is 58.7 Å². The molecular formula is C18H31N9S. The van der Waals surface area contributed by atoms with E-state index >= 15 is 0 Å². The highest BCUT2D eigenvalue weighted by Crippen LogP contribution is 2.13. The molecule has 1 unspecified atom stereocenters. The van der Waals surface area contributed by atoms with Gasteiger partial charge in [0.15, 0.2) is 17.6 Å². The highest BCUT2D eigenvalue weighted by molar-refractivity contribution is 7.98. The summed E-state index contributed by atoms with van der Waals surface area (Å²) in [7, 11) is 1.97. The zero-order valence-electron chi connectivity index (χ0n) is 17.3. The quantitative estimate of drug-likeness (QED) is 0.385. The number of hydrogen-bond acceptors (Lipinski definition) is 6. The second-order valence-electron chi connectivity index (χ2n) is 7.02. The predicted octanol–water partition coefficient (Wildman–Crippen LogP) is 1.08. The van der Waals surface area contributed by atoms with Gasteiger partial charge >= 0.3 is 0 Å². The average molecular weight is 406 g/mol. The number of hydrogen-bond donors (Lipinski definition) is 2. The molecule has 0 saturated heterocycles. The summed E-state index contributed by atoms with van der Waals surface area (Å²) < 4.78 is 4.01. The number of thioether (sulfide) groups is 1. The Bertz CT molecular complexity index is 795. The number of rotatable bonds is 8. The van der Waals surface area contributed by atoms with Crippen molar-refractivity contribution in [1.29, 1.82) is 0 Å². The number of nitrogens with zero attached hydrogens (tertiary/aromatic N) is 7. The maximum atomic E-state index is 4.76. The Morgan fingerprint density at radius 2 is 2.21 bits per heavy atom. The van der Waals surface area contributed by atoms with Crippen molar-refractivity contribution in [3.8, 4) is 0 Å². The van der Waals surface area contributed by atoms with Crippen LogP contribution in [0.15, 0.2) is 4.99 Å². The second kappa shape index (κ2) is 9.90. The first-order valence-electron chi connectivity index (χ1n) is 9.92.